The summed E-state index contributed by atoms with van der Waals surface area (Å²) in [7, 11) is 0. The molecule has 106 valence electrons. The quantitative estimate of drug-likeness (QED) is 0.747. The van der Waals surface area contributed by atoms with Gasteiger partial charge in [0.05, 0.1) is 5.56 Å². The van der Waals surface area contributed by atoms with Crippen molar-refractivity contribution >= 4 is 23.2 Å². The zero-order valence-electron chi connectivity index (χ0n) is 10.9. The highest BCUT2D eigenvalue weighted by Gasteiger charge is 2.12. The zero-order chi connectivity index (χ0) is 15.2. The Kier molecular flexibility index (Phi) is 4.83. The van der Waals surface area contributed by atoms with Crippen LogP contribution in [0.5, 0.6) is 5.75 Å². The van der Waals surface area contributed by atoms with Gasteiger partial charge < -0.3 is 15.5 Å². The summed E-state index contributed by atoms with van der Waals surface area (Å²) in [6, 6.07) is 11.1. The molecule has 0 aromatic heterocycles. The van der Waals surface area contributed by atoms with E-state index < -0.39 is 5.91 Å². The van der Waals surface area contributed by atoms with Gasteiger partial charge in [-0.05, 0) is 36.4 Å². The van der Waals surface area contributed by atoms with Crippen molar-refractivity contribution < 1.29 is 15.0 Å². The summed E-state index contributed by atoms with van der Waals surface area (Å²) in [5.41, 5.74) is 1.29. The summed E-state index contributed by atoms with van der Waals surface area (Å²) in [6.07, 6.45) is 0. The fourth-order valence-electron chi connectivity index (χ4n) is 1.70. The highest BCUT2D eigenvalue weighted by molar-refractivity contribution is 6.31. The number of halogens is 1. The molecule has 2 rings (SSSR count). The fourth-order valence-corrected chi connectivity index (χ4v) is 1.88. The van der Waals surface area contributed by atoms with E-state index in [4.69, 9.17) is 16.7 Å². The number of rotatable bonds is 2. The second kappa shape index (κ2) is 6.80. The van der Waals surface area contributed by atoms with Crippen molar-refractivity contribution in [1.29, 1.82) is 0 Å². The van der Waals surface area contributed by atoms with Gasteiger partial charge in [-0.2, -0.15) is 0 Å². The first-order valence-electron chi connectivity index (χ1n) is 6.10. The molecule has 2 aromatic rings. The summed E-state index contributed by atoms with van der Waals surface area (Å²) in [5.74, 6) is 4.66. The molecule has 0 spiro atoms. The Labute approximate surface area is 127 Å². The molecule has 5 heteroatoms. The van der Waals surface area contributed by atoms with Crippen molar-refractivity contribution in [2.24, 2.45) is 0 Å². The van der Waals surface area contributed by atoms with Crippen LogP contribution in [0.2, 0.25) is 5.02 Å². The van der Waals surface area contributed by atoms with Gasteiger partial charge in [-0.15, -0.1) is 0 Å². The second-order valence-corrected chi connectivity index (χ2v) is 4.59. The molecule has 0 fully saturated rings. The number of hydrogen-bond acceptors (Lipinski definition) is 3. The minimum Gasteiger partial charge on any atom is -0.507 e. The first-order chi connectivity index (χ1) is 10.1. The van der Waals surface area contributed by atoms with Gasteiger partial charge in [-0.25, -0.2) is 0 Å². The van der Waals surface area contributed by atoms with Crippen LogP contribution in [-0.4, -0.2) is 22.7 Å². The van der Waals surface area contributed by atoms with E-state index in [0.29, 0.717) is 16.3 Å². The van der Waals surface area contributed by atoms with Gasteiger partial charge in [-0.1, -0.05) is 29.5 Å². The molecule has 0 atom stereocenters. The Morgan fingerprint density at radius 1 is 1.24 bits per heavy atom. The number of anilines is 1. The smallest absolute Gasteiger partial charge is 0.259 e. The van der Waals surface area contributed by atoms with Crippen LogP contribution < -0.4 is 5.32 Å². The molecule has 0 unspecified atom stereocenters. The Bertz CT molecular complexity index is 732. The number of aliphatic hydroxyl groups excluding tert-OH is 1. The van der Waals surface area contributed by atoms with E-state index in [-0.39, 0.29) is 17.9 Å². The van der Waals surface area contributed by atoms with Gasteiger partial charge in [0.2, 0.25) is 0 Å². The number of aliphatic hydroxyl groups is 1. The summed E-state index contributed by atoms with van der Waals surface area (Å²) >= 11 is 5.81. The third-order valence-electron chi connectivity index (χ3n) is 2.64. The van der Waals surface area contributed by atoms with Crippen LogP contribution in [0, 0.1) is 11.8 Å². The van der Waals surface area contributed by atoms with Crippen LogP contribution in [-0.2, 0) is 0 Å². The van der Waals surface area contributed by atoms with Crippen molar-refractivity contribution in [3.05, 3.63) is 58.6 Å². The molecule has 4 nitrogen and oxygen atoms in total. The lowest BCUT2D eigenvalue weighted by molar-refractivity contribution is 0.102. The molecule has 3 N–H and O–H groups in total. The van der Waals surface area contributed by atoms with Crippen LogP contribution in [0.25, 0.3) is 0 Å². The number of aromatic hydroxyl groups is 1. The van der Waals surface area contributed by atoms with E-state index in [1.165, 1.54) is 18.2 Å². The van der Waals surface area contributed by atoms with Crippen molar-refractivity contribution in [1.82, 2.24) is 0 Å². The molecule has 0 aliphatic rings. The lowest BCUT2D eigenvalue weighted by Gasteiger charge is -2.07. The molecule has 0 aliphatic heterocycles. The van der Waals surface area contributed by atoms with Crippen molar-refractivity contribution in [3.63, 3.8) is 0 Å². The summed E-state index contributed by atoms with van der Waals surface area (Å²) < 4.78 is 0. The maximum atomic E-state index is 12.1. The largest absolute Gasteiger partial charge is 0.507 e. The topological polar surface area (TPSA) is 69.6 Å². The zero-order valence-corrected chi connectivity index (χ0v) is 11.7. The Balaban J connectivity index is 2.21. The predicted molar refractivity (Wildman–Crippen MR) is 81.5 cm³/mol. The van der Waals surface area contributed by atoms with E-state index >= 15 is 0 Å². The van der Waals surface area contributed by atoms with Gasteiger partial charge in [0.15, 0.2) is 0 Å². The third kappa shape index (κ3) is 3.99. The van der Waals surface area contributed by atoms with E-state index in [1.807, 2.05) is 0 Å². The number of carbonyl (C=O) groups excluding carboxylic acids is 1. The summed E-state index contributed by atoms with van der Waals surface area (Å²) in [5, 5.41) is 21.4. The van der Waals surface area contributed by atoms with Crippen molar-refractivity contribution in [2.75, 3.05) is 11.9 Å². The van der Waals surface area contributed by atoms with Crippen LogP contribution in [0.15, 0.2) is 42.5 Å². The van der Waals surface area contributed by atoms with E-state index in [9.17, 15) is 9.90 Å². The molecule has 2 aromatic carbocycles. The van der Waals surface area contributed by atoms with Crippen molar-refractivity contribution in [3.8, 4) is 17.6 Å². The average Bonchev–Trinajstić information content (AvgIpc) is 2.48. The average molecular weight is 302 g/mol. The lowest BCUT2D eigenvalue weighted by Crippen LogP contribution is -2.12. The van der Waals surface area contributed by atoms with Gasteiger partial charge in [0.25, 0.3) is 5.91 Å². The highest BCUT2D eigenvalue weighted by Crippen LogP contribution is 2.22. The fraction of sp³-hybridized carbons (Fsp3) is 0.0625. The Morgan fingerprint density at radius 2 is 2.05 bits per heavy atom. The van der Waals surface area contributed by atoms with Crippen LogP contribution in [0.3, 0.4) is 0 Å². The van der Waals surface area contributed by atoms with E-state index in [1.54, 1.807) is 24.3 Å². The van der Waals surface area contributed by atoms with Gasteiger partial charge >= 0.3 is 0 Å². The normalized spacial score (nSPS) is 9.62. The third-order valence-corrected chi connectivity index (χ3v) is 2.87. The van der Waals surface area contributed by atoms with Crippen molar-refractivity contribution in [2.45, 2.75) is 0 Å². The lowest BCUT2D eigenvalue weighted by atomic mass is 10.1. The van der Waals surface area contributed by atoms with E-state index in [2.05, 4.69) is 17.2 Å². The maximum absolute atomic E-state index is 12.1. The minimum absolute atomic E-state index is 0.0920. The number of amides is 1. The van der Waals surface area contributed by atoms with E-state index in [0.717, 1.165) is 0 Å². The molecule has 1 amide bonds. The van der Waals surface area contributed by atoms with Crippen LogP contribution in [0.4, 0.5) is 5.69 Å². The molecular weight excluding hydrogens is 290 g/mol. The predicted octanol–water partition coefficient (Wildman–Crippen LogP) is 2.64. The summed E-state index contributed by atoms with van der Waals surface area (Å²) in [4.78, 5) is 12.1. The van der Waals surface area contributed by atoms with Gasteiger partial charge in [0, 0.05) is 16.3 Å². The number of nitrogens with one attached hydrogen (secondary N) is 1. The molecule has 0 saturated heterocycles. The first-order valence-corrected chi connectivity index (χ1v) is 6.47. The Morgan fingerprint density at radius 3 is 2.81 bits per heavy atom. The van der Waals surface area contributed by atoms with Crippen LogP contribution in [0.1, 0.15) is 15.9 Å². The molecule has 0 saturated carbocycles. The Hall–Kier alpha value is -2.48. The number of phenols is 1. The highest BCUT2D eigenvalue weighted by atomic mass is 35.5. The van der Waals surface area contributed by atoms with Crippen LogP contribution >= 0.6 is 11.6 Å². The minimum atomic E-state index is -0.470. The van der Waals surface area contributed by atoms with Gasteiger partial charge in [-0.3, -0.25) is 4.79 Å². The molecule has 0 radical (unpaired) electrons. The molecule has 21 heavy (non-hydrogen) atoms. The number of phenolic OH excluding ortho intramolecular Hbond substituents is 1. The number of carbonyl (C=O) groups is 1. The molecule has 0 aliphatic carbocycles. The monoisotopic (exact) mass is 301 g/mol. The first kappa shape index (κ1) is 14.9. The second-order valence-electron chi connectivity index (χ2n) is 4.16. The molecule has 0 bridgehead atoms. The molecule has 0 heterocycles. The van der Waals surface area contributed by atoms with Gasteiger partial charge in [0.1, 0.15) is 12.4 Å². The number of hydrogen-bond donors (Lipinski definition) is 3. The maximum Gasteiger partial charge on any atom is 0.259 e. The molecular formula is C16H12ClNO3. The number of benzene rings is 2. The standard InChI is InChI=1S/C16H12ClNO3/c17-12-6-7-15(20)14(10-12)16(21)18-13-5-1-3-11(9-13)4-2-8-19/h1,3,5-7,9-10,19-20H,8H2,(H,18,21). The summed E-state index contributed by atoms with van der Waals surface area (Å²) in [6.45, 7) is -0.229. The SMILES string of the molecule is O=C(Nc1cccc(C#CCO)c1)c1cc(Cl)ccc1O.